The van der Waals surface area contributed by atoms with E-state index >= 15 is 0 Å². The molecule has 1 aromatic rings. The van der Waals surface area contributed by atoms with Crippen LogP contribution in [-0.2, 0) is 6.42 Å². The molecule has 0 unspecified atom stereocenters. The first-order chi connectivity index (χ1) is 12.7. The van der Waals surface area contributed by atoms with Crippen LogP contribution in [0.2, 0.25) is 0 Å². The topological polar surface area (TPSA) is 12.4 Å². The lowest BCUT2D eigenvalue weighted by Crippen LogP contribution is -2.03. The lowest BCUT2D eigenvalue weighted by Gasteiger charge is -2.14. The van der Waals surface area contributed by atoms with Gasteiger partial charge in [0.2, 0.25) is 0 Å². The summed E-state index contributed by atoms with van der Waals surface area (Å²) in [4.78, 5) is 0. The average molecular weight is 370 g/mol. The molecule has 1 aliphatic carbocycles. The highest BCUT2D eigenvalue weighted by Crippen LogP contribution is 2.27. The fourth-order valence-corrected chi connectivity index (χ4v) is 4.19. The van der Waals surface area contributed by atoms with Crippen LogP contribution in [0.4, 0.5) is 0 Å². The number of nitrogens with zero attached hydrogens (tertiary/aromatic N) is 1. The normalized spacial score (nSPS) is 17.7. The molecule has 0 heterocycles. The van der Waals surface area contributed by atoms with E-state index < -0.39 is 0 Å². The van der Waals surface area contributed by atoms with E-state index in [1.807, 2.05) is 0 Å². The number of hydrogen-bond acceptors (Lipinski definition) is 2. The Labute approximate surface area is 165 Å². The van der Waals surface area contributed by atoms with Crippen LogP contribution in [0.15, 0.2) is 46.9 Å². The van der Waals surface area contributed by atoms with Gasteiger partial charge in [-0.1, -0.05) is 87.9 Å². The van der Waals surface area contributed by atoms with Crippen molar-refractivity contribution in [3.63, 3.8) is 0 Å². The van der Waals surface area contributed by atoms with Crippen LogP contribution in [-0.4, -0.2) is 11.5 Å². The van der Waals surface area contributed by atoms with Crippen molar-refractivity contribution in [3.8, 4) is 0 Å². The van der Waals surface area contributed by atoms with Crippen molar-refractivity contribution >= 4 is 23.2 Å². The van der Waals surface area contributed by atoms with E-state index in [-0.39, 0.29) is 0 Å². The Hall–Kier alpha value is -1.28. The van der Waals surface area contributed by atoms with Crippen LogP contribution in [0, 0.1) is 5.92 Å². The fourth-order valence-electron chi connectivity index (χ4n) is 3.62. The molecule has 0 amide bonds. The summed E-state index contributed by atoms with van der Waals surface area (Å²) in [6.45, 7) is 6.38. The molecule has 26 heavy (non-hydrogen) atoms. The van der Waals surface area contributed by atoms with E-state index in [2.05, 4.69) is 63.3 Å². The second-order valence-electron chi connectivity index (χ2n) is 7.37. The van der Waals surface area contributed by atoms with Crippen molar-refractivity contribution in [2.24, 2.45) is 10.3 Å². The summed E-state index contributed by atoms with van der Waals surface area (Å²) < 4.78 is 4.70. The minimum absolute atomic E-state index is 0.884. The molecule has 2 rings (SSSR count). The van der Waals surface area contributed by atoms with Crippen molar-refractivity contribution in [3.05, 3.63) is 53.6 Å². The molecule has 0 spiro atoms. The summed E-state index contributed by atoms with van der Waals surface area (Å²) in [6, 6.07) is 9.22. The van der Waals surface area contributed by atoms with Crippen LogP contribution < -0.4 is 0 Å². The third-order valence-electron chi connectivity index (χ3n) is 5.11. The molecule has 1 nitrogen and oxygen atoms in total. The maximum absolute atomic E-state index is 4.70. The predicted octanol–water partition coefficient (Wildman–Crippen LogP) is 7.68. The largest absolute Gasteiger partial charge is 0.221 e. The first kappa shape index (κ1) is 21.0. The van der Waals surface area contributed by atoms with Crippen LogP contribution in [0.5, 0.6) is 0 Å². The first-order valence-corrected chi connectivity index (χ1v) is 11.3. The van der Waals surface area contributed by atoms with Crippen molar-refractivity contribution < 1.29 is 0 Å². The zero-order valence-electron chi connectivity index (χ0n) is 16.8. The summed E-state index contributed by atoms with van der Waals surface area (Å²) >= 11 is 1.67. The summed E-state index contributed by atoms with van der Waals surface area (Å²) in [5, 5.41) is 0. The Morgan fingerprint density at radius 2 is 1.81 bits per heavy atom. The Kier molecular flexibility index (Phi) is 9.84. The standard InChI is InChI=1S/C24H35NS/c1-4-6-13-24(20(3)25-26-18-5-2)23-16-14-22(15-17-23)19-21-11-9-7-8-10-12-21/h4,6,13-17,21H,5,7-12,18-19H2,1-3H3/b6-4-,24-13+,25-20+. The molecule has 0 aromatic heterocycles. The molecule has 1 fully saturated rings. The summed E-state index contributed by atoms with van der Waals surface area (Å²) in [6.07, 6.45) is 17.3. The molecular formula is C24H35NS. The number of allylic oxidation sites excluding steroid dienone is 4. The Morgan fingerprint density at radius 3 is 2.42 bits per heavy atom. The van der Waals surface area contributed by atoms with E-state index in [0.29, 0.717) is 0 Å². The van der Waals surface area contributed by atoms with E-state index in [4.69, 9.17) is 4.40 Å². The lowest BCUT2D eigenvalue weighted by molar-refractivity contribution is 0.458. The minimum Gasteiger partial charge on any atom is -0.221 e. The molecular weight excluding hydrogens is 334 g/mol. The van der Waals surface area contributed by atoms with Gasteiger partial charge in [-0.25, -0.2) is 4.40 Å². The zero-order chi connectivity index (χ0) is 18.6. The summed E-state index contributed by atoms with van der Waals surface area (Å²) in [7, 11) is 0. The quantitative estimate of drug-likeness (QED) is 0.150. The van der Waals surface area contributed by atoms with Gasteiger partial charge in [0.05, 0.1) is 5.71 Å². The molecule has 0 radical (unpaired) electrons. The van der Waals surface area contributed by atoms with Gasteiger partial charge >= 0.3 is 0 Å². The minimum atomic E-state index is 0.884. The summed E-state index contributed by atoms with van der Waals surface area (Å²) in [5.74, 6) is 1.96. The second kappa shape index (κ2) is 12.2. The molecule has 142 valence electrons. The molecule has 1 aromatic carbocycles. The lowest BCUT2D eigenvalue weighted by atomic mass is 9.91. The van der Waals surface area contributed by atoms with Crippen LogP contribution in [0.3, 0.4) is 0 Å². The van der Waals surface area contributed by atoms with Gasteiger partial charge in [0.15, 0.2) is 0 Å². The van der Waals surface area contributed by atoms with Crippen molar-refractivity contribution in [1.82, 2.24) is 0 Å². The van der Waals surface area contributed by atoms with Crippen LogP contribution in [0.1, 0.15) is 76.8 Å². The zero-order valence-corrected chi connectivity index (χ0v) is 17.7. The van der Waals surface area contributed by atoms with E-state index in [0.717, 1.165) is 23.8 Å². The molecule has 0 N–H and O–H groups in total. The van der Waals surface area contributed by atoms with Gasteiger partial charge < -0.3 is 0 Å². The maximum Gasteiger partial charge on any atom is 0.0534 e. The highest BCUT2D eigenvalue weighted by Gasteiger charge is 2.13. The van der Waals surface area contributed by atoms with Crippen molar-refractivity contribution in [1.29, 1.82) is 0 Å². The second-order valence-corrected chi connectivity index (χ2v) is 8.22. The smallest absolute Gasteiger partial charge is 0.0534 e. The van der Waals surface area contributed by atoms with Gasteiger partial charge in [-0.3, -0.25) is 0 Å². The van der Waals surface area contributed by atoms with E-state index in [1.165, 1.54) is 61.6 Å². The Morgan fingerprint density at radius 1 is 1.12 bits per heavy atom. The third kappa shape index (κ3) is 7.15. The third-order valence-corrected chi connectivity index (χ3v) is 6.10. The van der Waals surface area contributed by atoms with Crippen LogP contribution >= 0.6 is 11.9 Å². The number of rotatable bonds is 8. The van der Waals surface area contributed by atoms with Gasteiger partial charge in [0.25, 0.3) is 0 Å². The molecule has 0 atom stereocenters. The van der Waals surface area contributed by atoms with E-state index in [9.17, 15) is 0 Å². The Balaban J connectivity index is 2.09. The number of benzene rings is 1. The molecule has 0 aliphatic heterocycles. The van der Waals surface area contributed by atoms with Gasteiger partial charge in [0, 0.05) is 11.3 Å². The van der Waals surface area contributed by atoms with Gasteiger partial charge in [-0.15, -0.1) is 0 Å². The fraction of sp³-hybridized carbons (Fsp3) is 0.542. The molecule has 2 heteroatoms. The average Bonchev–Trinajstić information content (AvgIpc) is 2.92. The molecule has 1 aliphatic rings. The van der Waals surface area contributed by atoms with E-state index in [1.54, 1.807) is 11.9 Å². The van der Waals surface area contributed by atoms with Gasteiger partial charge in [-0.2, -0.15) is 0 Å². The van der Waals surface area contributed by atoms with Crippen LogP contribution in [0.25, 0.3) is 5.57 Å². The highest BCUT2D eigenvalue weighted by atomic mass is 32.2. The van der Waals surface area contributed by atoms with Crippen molar-refractivity contribution in [2.45, 2.75) is 72.1 Å². The van der Waals surface area contributed by atoms with Crippen molar-refractivity contribution in [2.75, 3.05) is 5.75 Å². The molecule has 0 saturated heterocycles. The SMILES string of the molecule is C\C=C/C=C(\C(C)=N\SCCC)c1ccc(CC2CCCCCC2)cc1. The highest BCUT2D eigenvalue weighted by molar-refractivity contribution is 7.98. The monoisotopic (exact) mass is 369 g/mol. The molecule has 0 bridgehead atoms. The first-order valence-electron chi connectivity index (χ1n) is 10.3. The maximum atomic E-state index is 4.70. The number of hydrogen-bond donors (Lipinski definition) is 0. The molecule has 1 saturated carbocycles. The Bertz CT molecular complexity index is 602. The van der Waals surface area contributed by atoms with Gasteiger partial charge in [-0.05, 0) is 55.7 Å². The predicted molar refractivity (Wildman–Crippen MR) is 120 cm³/mol. The van der Waals surface area contributed by atoms with Gasteiger partial charge in [0.1, 0.15) is 0 Å². The summed E-state index contributed by atoms with van der Waals surface area (Å²) in [5.41, 5.74) is 5.10.